The van der Waals surface area contributed by atoms with E-state index in [0.29, 0.717) is 12.0 Å². The molecule has 5 heteroatoms. The molecule has 1 amide bonds. The summed E-state index contributed by atoms with van der Waals surface area (Å²) in [5.74, 6) is -0.736. The Morgan fingerprint density at radius 1 is 1.22 bits per heavy atom. The van der Waals surface area contributed by atoms with Gasteiger partial charge in [-0.1, -0.05) is 17.7 Å². The maximum absolute atomic E-state index is 12.5. The lowest BCUT2D eigenvalue weighted by Gasteiger charge is -2.24. The van der Waals surface area contributed by atoms with Gasteiger partial charge in [0.25, 0.3) is 5.91 Å². The van der Waals surface area contributed by atoms with E-state index in [1.807, 2.05) is 44.2 Å². The molecule has 1 aliphatic rings. The highest BCUT2D eigenvalue weighted by Crippen LogP contribution is 2.24. The van der Waals surface area contributed by atoms with Gasteiger partial charge in [0, 0.05) is 15.7 Å². The number of halogens is 1. The van der Waals surface area contributed by atoms with E-state index in [1.54, 1.807) is 6.07 Å². The van der Waals surface area contributed by atoms with Crippen LogP contribution in [0, 0.1) is 17.4 Å². The molecule has 118 valence electrons. The van der Waals surface area contributed by atoms with Gasteiger partial charge in [0.15, 0.2) is 6.10 Å². The summed E-state index contributed by atoms with van der Waals surface area (Å²) >= 11 is 2.22. The van der Waals surface area contributed by atoms with Crippen LogP contribution in [0.1, 0.15) is 27.0 Å². The van der Waals surface area contributed by atoms with Crippen LogP contribution < -0.4 is 5.32 Å². The molecular formula is C18H16INO3. The number of hydrogen-bond acceptors (Lipinski definition) is 3. The number of amides is 1. The summed E-state index contributed by atoms with van der Waals surface area (Å²) < 4.78 is 6.40. The zero-order valence-corrected chi connectivity index (χ0v) is 15.0. The van der Waals surface area contributed by atoms with E-state index in [1.165, 1.54) is 0 Å². The number of nitrogens with one attached hydrogen (secondary N) is 1. The van der Waals surface area contributed by atoms with Gasteiger partial charge in [-0.3, -0.25) is 4.79 Å². The van der Waals surface area contributed by atoms with E-state index < -0.39 is 12.1 Å². The second-order valence-electron chi connectivity index (χ2n) is 5.71. The Labute approximate surface area is 148 Å². The van der Waals surface area contributed by atoms with Crippen LogP contribution in [-0.4, -0.2) is 18.0 Å². The SMILES string of the molecule is Cc1ccc2c(c1)CC(C(=O)Nc1ccc(I)cc1C)OC2=O. The van der Waals surface area contributed by atoms with Crippen molar-refractivity contribution in [1.29, 1.82) is 0 Å². The molecule has 1 N–H and O–H groups in total. The Hall–Kier alpha value is -1.89. The number of esters is 1. The van der Waals surface area contributed by atoms with Crippen molar-refractivity contribution in [1.82, 2.24) is 0 Å². The summed E-state index contributed by atoms with van der Waals surface area (Å²) in [4.78, 5) is 24.5. The minimum atomic E-state index is -0.796. The van der Waals surface area contributed by atoms with Gasteiger partial charge in [0.1, 0.15) is 0 Å². The fraction of sp³-hybridized carbons (Fsp3) is 0.222. The summed E-state index contributed by atoms with van der Waals surface area (Å²) in [6.45, 7) is 3.90. The molecule has 0 aromatic heterocycles. The van der Waals surface area contributed by atoms with Crippen LogP contribution in [0.2, 0.25) is 0 Å². The third-order valence-electron chi connectivity index (χ3n) is 3.87. The molecule has 23 heavy (non-hydrogen) atoms. The van der Waals surface area contributed by atoms with Crippen LogP contribution >= 0.6 is 22.6 Å². The molecule has 0 radical (unpaired) electrons. The first-order valence-electron chi connectivity index (χ1n) is 7.31. The summed E-state index contributed by atoms with van der Waals surface area (Å²) in [7, 11) is 0. The average molecular weight is 421 g/mol. The highest BCUT2D eigenvalue weighted by molar-refractivity contribution is 14.1. The van der Waals surface area contributed by atoms with Gasteiger partial charge in [-0.25, -0.2) is 4.79 Å². The molecule has 0 aliphatic carbocycles. The number of hydrogen-bond donors (Lipinski definition) is 1. The van der Waals surface area contributed by atoms with Crippen LogP contribution in [0.15, 0.2) is 36.4 Å². The van der Waals surface area contributed by atoms with Gasteiger partial charge < -0.3 is 10.1 Å². The highest BCUT2D eigenvalue weighted by atomic mass is 127. The fourth-order valence-electron chi connectivity index (χ4n) is 2.65. The Morgan fingerprint density at radius 2 is 2.00 bits per heavy atom. The Morgan fingerprint density at radius 3 is 2.74 bits per heavy atom. The molecule has 0 saturated heterocycles. The lowest BCUT2D eigenvalue weighted by atomic mass is 9.96. The molecule has 4 nitrogen and oxygen atoms in total. The number of anilines is 1. The molecule has 1 heterocycles. The minimum absolute atomic E-state index is 0.296. The zero-order chi connectivity index (χ0) is 16.6. The number of fused-ring (bicyclic) bond motifs is 1. The first-order valence-corrected chi connectivity index (χ1v) is 8.39. The van der Waals surface area contributed by atoms with Crippen molar-refractivity contribution in [2.75, 3.05) is 5.32 Å². The summed E-state index contributed by atoms with van der Waals surface area (Å²) in [5, 5.41) is 2.85. The number of carbonyl (C=O) groups is 2. The largest absolute Gasteiger partial charge is 0.448 e. The number of carbonyl (C=O) groups excluding carboxylic acids is 2. The maximum Gasteiger partial charge on any atom is 0.339 e. The number of aryl methyl sites for hydroxylation is 2. The summed E-state index contributed by atoms with van der Waals surface area (Å²) in [6, 6.07) is 11.3. The molecule has 2 aromatic carbocycles. The van der Waals surface area contributed by atoms with Crippen LogP contribution in [0.5, 0.6) is 0 Å². The average Bonchev–Trinajstić information content (AvgIpc) is 2.49. The molecule has 0 spiro atoms. The van der Waals surface area contributed by atoms with Gasteiger partial charge in [-0.05, 0) is 71.8 Å². The Balaban J connectivity index is 1.80. The fourth-order valence-corrected chi connectivity index (χ4v) is 3.30. The van der Waals surface area contributed by atoms with E-state index in [9.17, 15) is 9.59 Å². The van der Waals surface area contributed by atoms with Gasteiger partial charge >= 0.3 is 5.97 Å². The van der Waals surface area contributed by atoms with Crippen LogP contribution in [-0.2, 0) is 16.0 Å². The first kappa shape index (κ1) is 16.0. The van der Waals surface area contributed by atoms with Crippen molar-refractivity contribution in [3.8, 4) is 0 Å². The standard InChI is InChI=1S/C18H16INO3/c1-10-3-5-14-12(7-10)9-16(23-18(14)22)17(21)20-15-6-4-13(19)8-11(15)2/h3-8,16H,9H2,1-2H3,(H,20,21). The molecule has 3 rings (SSSR count). The normalized spacial score (nSPS) is 16.5. The molecule has 1 aliphatic heterocycles. The predicted molar refractivity (Wildman–Crippen MR) is 96.6 cm³/mol. The van der Waals surface area contributed by atoms with Crippen molar-refractivity contribution in [3.63, 3.8) is 0 Å². The molecule has 2 aromatic rings. The smallest absolute Gasteiger partial charge is 0.339 e. The van der Waals surface area contributed by atoms with Crippen LogP contribution in [0.25, 0.3) is 0 Å². The number of rotatable bonds is 2. The number of benzene rings is 2. The topological polar surface area (TPSA) is 55.4 Å². The van der Waals surface area contributed by atoms with E-state index in [2.05, 4.69) is 27.9 Å². The van der Waals surface area contributed by atoms with Gasteiger partial charge in [0.2, 0.25) is 0 Å². The second-order valence-corrected chi connectivity index (χ2v) is 6.95. The van der Waals surface area contributed by atoms with Crippen LogP contribution in [0.3, 0.4) is 0 Å². The van der Waals surface area contributed by atoms with Crippen molar-refractivity contribution < 1.29 is 14.3 Å². The first-order chi connectivity index (χ1) is 10.9. The van der Waals surface area contributed by atoms with Gasteiger partial charge in [-0.2, -0.15) is 0 Å². The summed E-state index contributed by atoms with van der Waals surface area (Å²) in [5.41, 5.74) is 4.18. The lowest BCUT2D eigenvalue weighted by Crippen LogP contribution is -2.38. The predicted octanol–water partition coefficient (Wildman–Crippen LogP) is 3.63. The monoisotopic (exact) mass is 421 g/mol. The van der Waals surface area contributed by atoms with Crippen molar-refractivity contribution in [2.45, 2.75) is 26.4 Å². The maximum atomic E-state index is 12.5. The van der Waals surface area contributed by atoms with Crippen molar-refractivity contribution in [2.24, 2.45) is 0 Å². The molecule has 0 bridgehead atoms. The Bertz CT molecular complexity index is 801. The highest BCUT2D eigenvalue weighted by Gasteiger charge is 2.31. The third-order valence-corrected chi connectivity index (χ3v) is 4.55. The summed E-state index contributed by atoms with van der Waals surface area (Å²) in [6.07, 6.45) is -0.395. The molecule has 0 saturated carbocycles. The number of ether oxygens (including phenoxy) is 1. The van der Waals surface area contributed by atoms with E-state index in [4.69, 9.17) is 4.74 Å². The molecule has 1 atom stereocenters. The van der Waals surface area contributed by atoms with Gasteiger partial charge in [-0.15, -0.1) is 0 Å². The van der Waals surface area contributed by atoms with Crippen molar-refractivity contribution in [3.05, 3.63) is 62.2 Å². The van der Waals surface area contributed by atoms with E-state index >= 15 is 0 Å². The third kappa shape index (κ3) is 3.39. The quantitative estimate of drug-likeness (QED) is 0.596. The van der Waals surface area contributed by atoms with Crippen molar-refractivity contribution >= 4 is 40.2 Å². The zero-order valence-electron chi connectivity index (χ0n) is 12.9. The Kier molecular flexibility index (Phi) is 4.39. The second kappa shape index (κ2) is 6.31. The minimum Gasteiger partial charge on any atom is -0.448 e. The molecular weight excluding hydrogens is 405 g/mol. The lowest BCUT2D eigenvalue weighted by molar-refractivity contribution is -0.125. The number of cyclic esters (lactones) is 1. The molecule has 0 fully saturated rings. The molecule has 1 unspecified atom stereocenters. The van der Waals surface area contributed by atoms with Crippen LogP contribution in [0.4, 0.5) is 5.69 Å². The van der Waals surface area contributed by atoms with E-state index in [-0.39, 0.29) is 5.91 Å². The van der Waals surface area contributed by atoms with Gasteiger partial charge in [0.05, 0.1) is 5.56 Å². The van der Waals surface area contributed by atoms with E-state index in [0.717, 1.165) is 25.9 Å².